The zero-order valence-corrected chi connectivity index (χ0v) is 12.2. The standard InChI is InChI=1S/C14H19BrN2O/c1-10-5-6-11(15)8-13(10)14(18)17-9-12-4-2-3-7-16-12/h5-6,8,12,16H,2-4,7,9H2,1H3,(H,17,18). The molecule has 1 aromatic carbocycles. The highest BCUT2D eigenvalue weighted by molar-refractivity contribution is 9.10. The van der Waals surface area contributed by atoms with Gasteiger partial charge in [-0.2, -0.15) is 0 Å². The first kappa shape index (κ1) is 13.6. The summed E-state index contributed by atoms with van der Waals surface area (Å²) in [5, 5.41) is 6.44. The van der Waals surface area contributed by atoms with E-state index in [-0.39, 0.29) is 5.91 Å². The van der Waals surface area contributed by atoms with Crippen LogP contribution in [0.3, 0.4) is 0 Å². The van der Waals surface area contributed by atoms with E-state index in [1.165, 1.54) is 12.8 Å². The second-order valence-corrected chi connectivity index (χ2v) is 5.73. The molecule has 1 heterocycles. The molecule has 0 aliphatic carbocycles. The molecular formula is C14H19BrN2O. The number of halogens is 1. The number of nitrogens with one attached hydrogen (secondary N) is 2. The monoisotopic (exact) mass is 310 g/mol. The van der Waals surface area contributed by atoms with Crippen molar-refractivity contribution in [3.63, 3.8) is 0 Å². The molecule has 4 heteroatoms. The maximum atomic E-state index is 12.1. The van der Waals surface area contributed by atoms with Crippen LogP contribution in [0.15, 0.2) is 22.7 Å². The maximum absolute atomic E-state index is 12.1. The molecule has 1 fully saturated rings. The molecule has 2 rings (SSSR count). The molecule has 1 aliphatic heterocycles. The van der Waals surface area contributed by atoms with E-state index in [1.54, 1.807) is 0 Å². The fourth-order valence-corrected chi connectivity index (χ4v) is 2.61. The lowest BCUT2D eigenvalue weighted by Crippen LogP contribution is -2.43. The summed E-state index contributed by atoms with van der Waals surface area (Å²) in [4.78, 5) is 12.1. The molecule has 1 aliphatic rings. The van der Waals surface area contributed by atoms with Gasteiger partial charge in [-0.1, -0.05) is 28.4 Å². The summed E-state index contributed by atoms with van der Waals surface area (Å²) in [5.74, 6) is 0.0150. The zero-order chi connectivity index (χ0) is 13.0. The van der Waals surface area contributed by atoms with Gasteiger partial charge in [0.2, 0.25) is 0 Å². The van der Waals surface area contributed by atoms with Gasteiger partial charge in [0.1, 0.15) is 0 Å². The minimum atomic E-state index is 0.0150. The molecule has 18 heavy (non-hydrogen) atoms. The van der Waals surface area contributed by atoms with Gasteiger partial charge < -0.3 is 10.6 Å². The number of rotatable bonds is 3. The number of hydrogen-bond acceptors (Lipinski definition) is 2. The maximum Gasteiger partial charge on any atom is 0.251 e. The quantitative estimate of drug-likeness (QED) is 0.901. The number of aryl methyl sites for hydroxylation is 1. The van der Waals surface area contributed by atoms with E-state index in [1.807, 2.05) is 25.1 Å². The van der Waals surface area contributed by atoms with Crippen LogP contribution in [0, 0.1) is 6.92 Å². The Morgan fingerprint density at radius 3 is 3.06 bits per heavy atom. The fraction of sp³-hybridized carbons (Fsp3) is 0.500. The first-order chi connectivity index (χ1) is 8.66. The van der Waals surface area contributed by atoms with Crippen molar-refractivity contribution in [2.24, 2.45) is 0 Å². The Labute approximate surface area is 116 Å². The van der Waals surface area contributed by atoms with Crippen molar-refractivity contribution in [1.82, 2.24) is 10.6 Å². The molecule has 1 amide bonds. The molecule has 1 saturated heterocycles. The van der Waals surface area contributed by atoms with Crippen LogP contribution in [-0.2, 0) is 0 Å². The highest BCUT2D eigenvalue weighted by Gasteiger charge is 2.15. The van der Waals surface area contributed by atoms with E-state index in [4.69, 9.17) is 0 Å². The van der Waals surface area contributed by atoms with Crippen LogP contribution in [0.25, 0.3) is 0 Å². The van der Waals surface area contributed by atoms with E-state index in [0.717, 1.165) is 28.6 Å². The van der Waals surface area contributed by atoms with Gasteiger partial charge in [-0.05, 0) is 44.0 Å². The Balaban J connectivity index is 1.92. The van der Waals surface area contributed by atoms with Gasteiger partial charge in [-0.15, -0.1) is 0 Å². The average molecular weight is 311 g/mol. The first-order valence-corrected chi connectivity index (χ1v) is 7.24. The van der Waals surface area contributed by atoms with Gasteiger partial charge in [0.05, 0.1) is 0 Å². The molecule has 1 unspecified atom stereocenters. The second-order valence-electron chi connectivity index (χ2n) is 4.82. The Morgan fingerprint density at radius 1 is 1.50 bits per heavy atom. The summed E-state index contributed by atoms with van der Waals surface area (Å²) >= 11 is 3.40. The van der Waals surface area contributed by atoms with Crippen LogP contribution in [0.5, 0.6) is 0 Å². The van der Waals surface area contributed by atoms with Crippen molar-refractivity contribution in [3.05, 3.63) is 33.8 Å². The average Bonchev–Trinajstić information content (AvgIpc) is 2.40. The van der Waals surface area contributed by atoms with Crippen LogP contribution in [-0.4, -0.2) is 25.0 Å². The molecule has 0 spiro atoms. The number of amides is 1. The molecule has 1 aromatic rings. The molecule has 2 N–H and O–H groups in total. The fourth-order valence-electron chi connectivity index (χ4n) is 2.25. The van der Waals surface area contributed by atoms with Crippen LogP contribution >= 0.6 is 15.9 Å². The number of piperidine rings is 1. The van der Waals surface area contributed by atoms with E-state index >= 15 is 0 Å². The van der Waals surface area contributed by atoms with Gasteiger partial charge in [0.15, 0.2) is 0 Å². The molecule has 0 bridgehead atoms. The van der Waals surface area contributed by atoms with E-state index in [9.17, 15) is 4.79 Å². The summed E-state index contributed by atoms with van der Waals surface area (Å²) in [7, 11) is 0. The van der Waals surface area contributed by atoms with Crippen LogP contribution in [0.4, 0.5) is 0 Å². The summed E-state index contributed by atoms with van der Waals surface area (Å²) < 4.78 is 0.939. The predicted octanol–water partition coefficient (Wildman–Crippen LogP) is 2.63. The minimum Gasteiger partial charge on any atom is -0.350 e. The van der Waals surface area contributed by atoms with Crippen molar-refractivity contribution < 1.29 is 4.79 Å². The summed E-state index contributed by atoms with van der Waals surface area (Å²) in [5.41, 5.74) is 1.76. The topological polar surface area (TPSA) is 41.1 Å². The van der Waals surface area contributed by atoms with E-state index in [0.29, 0.717) is 12.6 Å². The van der Waals surface area contributed by atoms with Crippen molar-refractivity contribution in [3.8, 4) is 0 Å². The predicted molar refractivity (Wildman–Crippen MR) is 76.9 cm³/mol. The third kappa shape index (κ3) is 3.56. The minimum absolute atomic E-state index is 0.0150. The number of hydrogen-bond donors (Lipinski definition) is 2. The van der Waals surface area contributed by atoms with Gasteiger partial charge in [0.25, 0.3) is 5.91 Å². The molecule has 0 saturated carbocycles. The summed E-state index contributed by atoms with van der Waals surface area (Å²) in [6.07, 6.45) is 3.65. The van der Waals surface area contributed by atoms with E-state index < -0.39 is 0 Å². The molecule has 3 nitrogen and oxygen atoms in total. The Bertz CT molecular complexity index is 428. The molecule has 1 atom stereocenters. The van der Waals surface area contributed by atoms with Gasteiger partial charge >= 0.3 is 0 Å². The van der Waals surface area contributed by atoms with Crippen molar-refractivity contribution in [1.29, 1.82) is 0 Å². The van der Waals surface area contributed by atoms with Gasteiger partial charge in [-0.3, -0.25) is 4.79 Å². The van der Waals surface area contributed by atoms with Crippen molar-refractivity contribution >= 4 is 21.8 Å². The largest absolute Gasteiger partial charge is 0.350 e. The lowest BCUT2D eigenvalue weighted by atomic mass is 10.0. The highest BCUT2D eigenvalue weighted by Crippen LogP contribution is 2.16. The molecule has 98 valence electrons. The van der Waals surface area contributed by atoms with Gasteiger partial charge in [-0.25, -0.2) is 0 Å². The van der Waals surface area contributed by atoms with E-state index in [2.05, 4.69) is 26.6 Å². The molecular weight excluding hydrogens is 292 g/mol. The number of benzene rings is 1. The Hall–Kier alpha value is -0.870. The summed E-state index contributed by atoms with van der Waals surface area (Å²) in [6, 6.07) is 6.21. The van der Waals surface area contributed by atoms with Crippen molar-refractivity contribution in [2.75, 3.05) is 13.1 Å². The number of carbonyl (C=O) groups excluding carboxylic acids is 1. The first-order valence-electron chi connectivity index (χ1n) is 6.44. The SMILES string of the molecule is Cc1ccc(Br)cc1C(=O)NCC1CCCCN1. The third-order valence-corrected chi connectivity index (χ3v) is 3.86. The lowest BCUT2D eigenvalue weighted by molar-refractivity contribution is 0.0947. The highest BCUT2D eigenvalue weighted by atomic mass is 79.9. The van der Waals surface area contributed by atoms with Crippen LogP contribution in [0.2, 0.25) is 0 Å². The van der Waals surface area contributed by atoms with Crippen LogP contribution in [0.1, 0.15) is 35.2 Å². The normalized spacial score (nSPS) is 19.6. The van der Waals surface area contributed by atoms with Crippen LogP contribution < -0.4 is 10.6 Å². The second kappa shape index (κ2) is 6.34. The third-order valence-electron chi connectivity index (χ3n) is 3.37. The molecule has 0 radical (unpaired) electrons. The Kier molecular flexibility index (Phi) is 4.78. The number of carbonyl (C=O) groups is 1. The van der Waals surface area contributed by atoms with Crippen molar-refractivity contribution in [2.45, 2.75) is 32.2 Å². The zero-order valence-electron chi connectivity index (χ0n) is 10.6. The Morgan fingerprint density at radius 2 is 2.33 bits per heavy atom. The molecule has 0 aromatic heterocycles. The smallest absolute Gasteiger partial charge is 0.251 e. The lowest BCUT2D eigenvalue weighted by Gasteiger charge is -2.23. The summed E-state index contributed by atoms with van der Waals surface area (Å²) in [6.45, 7) is 3.74. The van der Waals surface area contributed by atoms with Gasteiger partial charge in [0, 0.05) is 22.6 Å².